The second-order valence-corrected chi connectivity index (χ2v) is 6.63. The number of carbonyl (C=O) groups excluding carboxylic acids is 1. The molecular weight excluding hydrogens is 368 g/mol. The van der Waals surface area contributed by atoms with Crippen molar-refractivity contribution in [3.05, 3.63) is 77.9 Å². The van der Waals surface area contributed by atoms with Crippen LogP contribution in [0.1, 0.15) is 29.0 Å². The summed E-state index contributed by atoms with van der Waals surface area (Å²) in [5.41, 5.74) is 2.88. The number of fused-ring (bicyclic) bond motifs is 1. The zero-order valence-corrected chi connectivity index (χ0v) is 16.3. The summed E-state index contributed by atoms with van der Waals surface area (Å²) in [6.45, 7) is 2.50. The highest BCUT2D eigenvalue weighted by Crippen LogP contribution is 2.39. The lowest BCUT2D eigenvalue weighted by atomic mass is 10.0. The predicted octanol–water partition coefficient (Wildman–Crippen LogP) is 4.57. The Morgan fingerprint density at radius 2 is 1.83 bits per heavy atom. The SMILES string of the molecule is CCOc1ccc(N2C(=O)c3ccccc3NC2c2ccc(O)c(OC)c2)cc1. The Hall–Kier alpha value is -3.67. The molecule has 0 saturated heterocycles. The van der Waals surface area contributed by atoms with Crippen molar-refractivity contribution in [2.45, 2.75) is 13.1 Å². The van der Waals surface area contributed by atoms with Crippen LogP contribution < -0.4 is 19.7 Å². The lowest BCUT2D eigenvalue weighted by Crippen LogP contribution is -2.43. The number of rotatable bonds is 5. The Morgan fingerprint density at radius 1 is 1.07 bits per heavy atom. The van der Waals surface area contributed by atoms with Crippen molar-refractivity contribution in [3.8, 4) is 17.2 Å². The van der Waals surface area contributed by atoms with Gasteiger partial charge >= 0.3 is 0 Å². The van der Waals surface area contributed by atoms with Crippen molar-refractivity contribution in [3.63, 3.8) is 0 Å². The van der Waals surface area contributed by atoms with Crippen molar-refractivity contribution >= 4 is 17.3 Å². The number of carbonyl (C=O) groups is 1. The van der Waals surface area contributed by atoms with Crippen LogP contribution in [0.25, 0.3) is 0 Å². The molecule has 6 nitrogen and oxygen atoms in total. The van der Waals surface area contributed by atoms with E-state index in [2.05, 4.69) is 5.32 Å². The molecule has 1 amide bonds. The molecule has 2 N–H and O–H groups in total. The lowest BCUT2D eigenvalue weighted by molar-refractivity contribution is 0.0975. The van der Waals surface area contributed by atoms with Crippen LogP contribution in [-0.4, -0.2) is 24.7 Å². The van der Waals surface area contributed by atoms with Gasteiger partial charge < -0.3 is 19.9 Å². The summed E-state index contributed by atoms with van der Waals surface area (Å²) >= 11 is 0. The van der Waals surface area contributed by atoms with Crippen molar-refractivity contribution in [2.24, 2.45) is 0 Å². The van der Waals surface area contributed by atoms with Gasteiger partial charge in [-0.15, -0.1) is 0 Å². The molecule has 1 unspecified atom stereocenters. The standard InChI is InChI=1S/C23H22N2O4/c1-3-29-17-11-9-16(10-12-17)25-22(15-8-13-20(26)21(14-15)28-2)24-19-7-5-4-6-18(19)23(25)27/h4-14,22,24,26H,3H2,1-2H3. The average molecular weight is 390 g/mol. The number of ether oxygens (including phenoxy) is 2. The number of nitrogens with one attached hydrogen (secondary N) is 1. The molecule has 0 bridgehead atoms. The summed E-state index contributed by atoms with van der Waals surface area (Å²) in [4.78, 5) is 15.1. The number of methoxy groups -OCH3 is 1. The Bertz CT molecular complexity index is 1030. The number of aromatic hydroxyl groups is 1. The molecule has 0 spiro atoms. The van der Waals surface area contributed by atoms with Crippen LogP contribution in [0, 0.1) is 0 Å². The molecule has 0 aromatic heterocycles. The maximum atomic E-state index is 13.4. The topological polar surface area (TPSA) is 71.0 Å². The zero-order valence-electron chi connectivity index (χ0n) is 16.3. The largest absolute Gasteiger partial charge is 0.504 e. The fraction of sp³-hybridized carbons (Fsp3) is 0.174. The molecule has 1 atom stereocenters. The van der Waals surface area contributed by atoms with Gasteiger partial charge in [0, 0.05) is 11.4 Å². The van der Waals surface area contributed by atoms with E-state index in [1.54, 1.807) is 29.2 Å². The summed E-state index contributed by atoms with van der Waals surface area (Å²) in [5.74, 6) is 1.03. The van der Waals surface area contributed by atoms with Gasteiger partial charge in [0.05, 0.1) is 19.3 Å². The second kappa shape index (κ2) is 7.75. The molecule has 0 radical (unpaired) electrons. The molecule has 6 heteroatoms. The van der Waals surface area contributed by atoms with Crippen LogP contribution >= 0.6 is 0 Å². The molecule has 1 aliphatic heterocycles. The van der Waals surface area contributed by atoms with Gasteiger partial charge in [-0.25, -0.2) is 0 Å². The van der Waals surface area contributed by atoms with E-state index < -0.39 is 6.17 Å². The van der Waals surface area contributed by atoms with E-state index in [0.29, 0.717) is 17.9 Å². The summed E-state index contributed by atoms with van der Waals surface area (Å²) < 4.78 is 10.8. The Kier molecular flexibility index (Phi) is 4.99. The third-order valence-corrected chi connectivity index (χ3v) is 4.87. The second-order valence-electron chi connectivity index (χ2n) is 6.63. The van der Waals surface area contributed by atoms with Crippen molar-refractivity contribution in [2.75, 3.05) is 23.9 Å². The highest BCUT2D eigenvalue weighted by molar-refractivity contribution is 6.12. The van der Waals surface area contributed by atoms with E-state index in [1.165, 1.54) is 7.11 Å². The van der Waals surface area contributed by atoms with E-state index in [1.807, 2.05) is 49.4 Å². The third kappa shape index (κ3) is 3.45. The van der Waals surface area contributed by atoms with E-state index >= 15 is 0 Å². The number of para-hydroxylation sites is 1. The summed E-state index contributed by atoms with van der Waals surface area (Å²) in [6.07, 6.45) is -0.468. The number of amides is 1. The number of anilines is 2. The maximum absolute atomic E-state index is 13.4. The molecule has 0 aliphatic carbocycles. The predicted molar refractivity (Wildman–Crippen MR) is 112 cm³/mol. The number of hydrogen-bond acceptors (Lipinski definition) is 5. The Labute approximate surface area is 169 Å². The van der Waals surface area contributed by atoms with E-state index in [0.717, 1.165) is 22.7 Å². The van der Waals surface area contributed by atoms with Gasteiger partial charge in [-0.2, -0.15) is 0 Å². The van der Waals surface area contributed by atoms with Crippen LogP contribution in [-0.2, 0) is 0 Å². The Morgan fingerprint density at radius 3 is 2.55 bits per heavy atom. The van der Waals surface area contributed by atoms with Crippen molar-refractivity contribution < 1.29 is 19.4 Å². The normalized spacial score (nSPS) is 15.4. The van der Waals surface area contributed by atoms with Gasteiger partial charge in [-0.1, -0.05) is 18.2 Å². The molecule has 0 fully saturated rings. The van der Waals surface area contributed by atoms with Gasteiger partial charge in [0.2, 0.25) is 0 Å². The fourth-order valence-corrected chi connectivity index (χ4v) is 3.49. The quantitative estimate of drug-likeness (QED) is 0.668. The van der Waals surface area contributed by atoms with Crippen LogP contribution in [0.5, 0.6) is 17.2 Å². The first kappa shape index (κ1) is 18.7. The van der Waals surface area contributed by atoms with E-state index in [9.17, 15) is 9.90 Å². The molecule has 3 aromatic carbocycles. The Balaban J connectivity index is 1.81. The number of phenols is 1. The average Bonchev–Trinajstić information content (AvgIpc) is 2.75. The minimum Gasteiger partial charge on any atom is -0.504 e. The van der Waals surface area contributed by atoms with Gasteiger partial charge in [0.25, 0.3) is 5.91 Å². The first-order valence-corrected chi connectivity index (χ1v) is 9.41. The molecule has 148 valence electrons. The molecule has 4 rings (SSSR count). The lowest BCUT2D eigenvalue weighted by Gasteiger charge is -2.38. The molecule has 29 heavy (non-hydrogen) atoms. The minimum absolute atomic E-state index is 0.0476. The first-order chi connectivity index (χ1) is 14.1. The van der Waals surface area contributed by atoms with Gasteiger partial charge in [0.1, 0.15) is 11.9 Å². The number of benzene rings is 3. The van der Waals surface area contributed by atoms with Gasteiger partial charge in [0.15, 0.2) is 11.5 Å². The fourth-order valence-electron chi connectivity index (χ4n) is 3.49. The number of hydrogen-bond donors (Lipinski definition) is 2. The van der Waals surface area contributed by atoms with Crippen LogP contribution in [0.4, 0.5) is 11.4 Å². The summed E-state index contributed by atoms with van der Waals surface area (Å²) in [5, 5.41) is 13.4. The molecule has 3 aromatic rings. The van der Waals surface area contributed by atoms with Crippen LogP contribution in [0.3, 0.4) is 0 Å². The molecule has 0 saturated carbocycles. The highest BCUT2D eigenvalue weighted by atomic mass is 16.5. The summed E-state index contributed by atoms with van der Waals surface area (Å²) in [7, 11) is 1.50. The molecule has 1 aliphatic rings. The smallest absolute Gasteiger partial charge is 0.262 e. The summed E-state index contributed by atoms with van der Waals surface area (Å²) in [6, 6.07) is 19.9. The minimum atomic E-state index is -0.468. The number of nitrogens with zero attached hydrogens (tertiary/aromatic N) is 1. The van der Waals surface area contributed by atoms with Gasteiger partial charge in [-0.05, 0) is 61.0 Å². The zero-order chi connectivity index (χ0) is 20.4. The maximum Gasteiger partial charge on any atom is 0.262 e. The van der Waals surface area contributed by atoms with Crippen LogP contribution in [0.15, 0.2) is 66.7 Å². The molecule has 1 heterocycles. The van der Waals surface area contributed by atoms with E-state index in [4.69, 9.17) is 9.47 Å². The molecular formula is C23H22N2O4. The third-order valence-electron chi connectivity index (χ3n) is 4.87. The highest BCUT2D eigenvalue weighted by Gasteiger charge is 2.34. The monoisotopic (exact) mass is 390 g/mol. The van der Waals surface area contributed by atoms with Crippen molar-refractivity contribution in [1.29, 1.82) is 0 Å². The van der Waals surface area contributed by atoms with Crippen molar-refractivity contribution in [1.82, 2.24) is 0 Å². The van der Waals surface area contributed by atoms with Crippen LogP contribution in [0.2, 0.25) is 0 Å². The van der Waals surface area contributed by atoms with Gasteiger partial charge in [-0.3, -0.25) is 9.69 Å². The van der Waals surface area contributed by atoms with E-state index in [-0.39, 0.29) is 11.7 Å². The first-order valence-electron chi connectivity index (χ1n) is 9.41. The number of phenolic OH excluding ortho intramolecular Hbond substituents is 1.